The summed E-state index contributed by atoms with van der Waals surface area (Å²) in [6.45, 7) is 0. The van der Waals surface area contributed by atoms with Crippen LogP contribution in [0.5, 0.6) is 0 Å². The van der Waals surface area contributed by atoms with Crippen LogP contribution in [0, 0.1) is 0 Å². The number of benzene rings is 4. The van der Waals surface area contributed by atoms with Crippen LogP contribution in [0.2, 0.25) is 0 Å². The minimum absolute atomic E-state index is 0.217. The zero-order valence-electron chi connectivity index (χ0n) is 18.6. The van der Waals surface area contributed by atoms with Gasteiger partial charge in [-0.05, 0) is 34.0 Å². The van der Waals surface area contributed by atoms with Crippen LogP contribution in [0.1, 0.15) is 12.0 Å². The standard InChI is InChI=1S/C29H26F2O2Si/c30-29(31,27(32)22-21-23-13-5-1-6-14-23)28(33)34(24-15-7-2-8-16-24,25-17-9-3-10-18-25)26-19-11-4-12-20-26/h1-20,27,32H,21-22H2. The Morgan fingerprint density at radius 3 is 1.41 bits per heavy atom. The Labute approximate surface area is 199 Å². The third-order valence-corrected chi connectivity index (χ3v) is 10.8. The molecule has 1 N–H and O–H groups in total. The van der Waals surface area contributed by atoms with Crippen LogP contribution in [0.4, 0.5) is 8.78 Å². The van der Waals surface area contributed by atoms with Gasteiger partial charge >= 0.3 is 5.92 Å². The summed E-state index contributed by atoms with van der Waals surface area (Å²) in [6, 6.07) is 35.6. The molecule has 0 saturated carbocycles. The quantitative estimate of drug-likeness (QED) is 0.296. The third-order valence-electron chi connectivity index (χ3n) is 6.23. The van der Waals surface area contributed by atoms with Crippen molar-refractivity contribution in [3.8, 4) is 0 Å². The highest BCUT2D eigenvalue weighted by Gasteiger charge is 2.59. The van der Waals surface area contributed by atoms with Gasteiger partial charge < -0.3 is 5.11 Å². The van der Waals surface area contributed by atoms with Crippen molar-refractivity contribution in [3.05, 3.63) is 127 Å². The highest BCUT2D eigenvalue weighted by molar-refractivity contribution is 7.30. The van der Waals surface area contributed by atoms with Gasteiger partial charge in [0, 0.05) is 0 Å². The molecule has 34 heavy (non-hydrogen) atoms. The summed E-state index contributed by atoms with van der Waals surface area (Å²) in [5.41, 5.74) is 0.836. The fourth-order valence-corrected chi connectivity index (χ4v) is 9.02. The second-order valence-electron chi connectivity index (χ2n) is 8.34. The Kier molecular flexibility index (Phi) is 7.15. The Bertz CT molecular complexity index is 1100. The fraction of sp³-hybridized carbons (Fsp3) is 0.138. The maximum absolute atomic E-state index is 15.9. The van der Waals surface area contributed by atoms with Gasteiger partial charge in [0.25, 0.3) is 0 Å². The number of hydrogen-bond donors (Lipinski definition) is 1. The molecule has 0 bridgehead atoms. The molecule has 0 heterocycles. The van der Waals surface area contributed by atoms with E-state index in [2.05, 4.69) is 0 Å². The molecule has 0 aliphatic rings. The van der Waals surface area contributed by atoms with Gasteiger partial charge in [0.05, 0.1) is 0 Å². The number of hydrogen-bond acceptors (Lipinski definition) is 2. The zero-order chi connectivity index (χ0) is 24.0. The molecule has 0 aromatic heterocycles. The van der Waals surface area contributed by atoms with E-state index in [1.807, 2.05) is 30.3 Å². The second kappa shape index (κ2) is 10.2. The van der Waals surface area contributed by atoms with E-state index in [1.165, 1.54) is 0 Å². The molecule has 1 unspecified atom stereocenters. The second-order valence-corrected chi connectivity index (χ2v) is 12.0. The summed E-state index contributed by atoms with van der Waals surface area (Å²) in [4.78, 5) is 14.1. The Morgan fingerprint density at radius 1 is 0.676 bits per heavy atom. The molecule has 0 amide bonds. The molecule has 172 valence electrons. The Morgan fingerprint density at radius 2 is 1.03 bits per heavy atom. The van der Waals surface area contributed by atoms with Crippen LogP contribution in [0.3, 0.4) is 0 Å². The molecular weight excluding hydrogens is 446 g/mol. The number of aliphatic hydroxyl groups excluding tert-OH is 1. The predicted octanol–water partition coefficient (Wildman–Crippen LogP) is 3.89. The lowest BCUT2D eigenvalue weighted by molar-refractivity contribution is -0.153. The van der Waals surface area contributed by atoms with Crippen LogP contribution >= 0.6 is 0 Å². The number of aryl methyl sites for hydroxylation is 1. The molecule has 1 atom stereocenters. The van der Waals surface area contributed by atoms with Gasteiger partial charge in [-0.3, -0.25) is 4.79 Å². The van der Waals surface area contributed by atoms with E-state index >= 15 is 8.78 Å². The first kappa shape index (κ1) is 23.7. The van der Waals surface area contributed by atoms with Crippen molar-refractivity contribution < 1.29 is 18.7 Å². The molecule has 2 nitrogen and oxygen atoms in total. The summed E-state index contributed by atoms with van der Waals surface area (Å²) >= 11 is 0. The average molecular weight is 473 g/mol. The van der Waals surface area contributed by atoms with Gasteiger partial charge in [-0.2, -0.15) is 8.78 Å². The van der Waals surface area contributed by atoms with Crippen molar-refractivity contribution in [1.82, 2.24) is 0 Å². The molecule has 0 aliphatic carbocycles. The van der Waals surface area contributed by atoms with Gasteiger partial charge in [-0.25, -0.2) is 0 Å². The number of halogens is 2. The largest absolute Gasteiger partial charge is 0.386 e. The number of carbonyl (C=O) groups excluding carboxylic acids is 1. The molecule has 0 aliphatic heterocycles. The molecule has 4 aromatic carbocycles. The monoisotopic (exact) mass is 472 g/mol. The van der Waals surface area contributed by atoms with E-state index in [9.17, 15) is 9.90 Å². The molecule has 0 fully saturated rings. The molecule has 4 aromatic rings. The molecule has 4 rings (SSSR count). The summed E-state index contributed by atoms with van der Waals surface area (Å²) in [6.07, 6.45) is -2.06. The lowest BCUT2D eigenvalue weighted by Crippen LogP contribution is -2.76. The van der Waals surface area contributed by atoms with E-state index in [-0.39, 0.29) is 12.8 Å². The molecular formula is C29H26F2O2Si. The van der Waals surface area contributed by atoms with E-state index < -0.39 is 25.5 Å². The van der Waals surface area contributed by atoms with Crippen molar-refractivity contribution in [2.45, 2.75) is 24.9 Å². The molecule has 0 radical (unpaired) electrons. The lowest BCUT2D eigenvalue weighted by Gasteiger charge is -2.36. The number of aliphatic hydroxyl groups is 1. The Hall–Kier alpha value is -3.41. The van der Waals surface area contributed by atoms with Crippen molar-refractivity contribution in [1.29, 1.82) is 0 Å². The minimum Gasteiger partial charge on any atom is -0.386 e. The SMILES string of the molecule is O=C(C(F)(F)C(O)CCc1ccccc1)[Si](c1ccccc1)(c1ccccc1)c1ccccc1. The van der Waals surface area contributed by atoms with Crippen LogP contribution in [0.15, 0.2) is 121 Å². The first-order chi connectivity index (χ1) is 16.5. The number of carbonyl (C=O) groups is 1. The highest BCUT2D eigenvalue weighted by atomic mass is 28.3. The van der Waals surface area contributed by atoms with Gasteiger partial charge in [0.2, 0.25) is 8.07 Å². The summed E-state index contributed by atoms with van der Waals surface area (Å²) in [5.74, 6) is -3.93. The van der Waals surface area contributed by atoms with Gasteiger partial charge in [0.1, 0.15) is 6.10 Å². The average Bonchev–Trinajstić information content (AvgIpc) is 2.90. The van der Waals surface area contributed by atoms with Crippen LogP contribution in [-0.2, 0) is 11.2 Å². The normalized spacial score (nSPS) is 12.8. The van der Waals surface area contributed by atoms with Gasteiger partial charge in [0.15, 0.2) is 5.41 Å². The summed E-state index contributed by atoms with van der Waals surface area (Å²) in [7, 11) is -3.88. The van der Waals surface area contributed by atoms with E-state index in [0.29, 0.717) is 15.6 Å². The van der Waals surface area contributed by atoms with Crippen LogP contribution in [0.25, 0.3) is 0 Å². The smallest absolute Gasteiger partial charge is 0.327 e. The number of rotatable bonds is 9. The maximum atomic E-state index is 15.9. The minimum atomic E-state index is -3.93. The fourth-order valence-electron chi connectivity index (χ4n) is 4.49. The van der Waals surface area contributed by atoms with E-state index in [1.54, 1.807) is 91.0 Å². The zero-order valence-corrected chi connectivity index (χ0v) is 19.6. The summed E-state index contributed by atoms with van der Waals surface area (Å²) in [5, 5.41) is 11.1. The highest BCUT2D eigenvalue weighted by Crippen LogP contribution is 2.28. The van der Waals surface area contributed by atoms with Crippen LogP contribution in [-0.4, -0.2) is 30.6 Å². The van der Waals surface area contributed by atoms with E-state index in [0.717, 1.165) is 5.56 Å². The maximum Gasteiger partial charge on any atom is 0.327 e. The van der Waals surface area contributed by atoms with E-state index in [4.69, 9.17) is 0 Å². The third kappa shape index (κ3) is 4.49. The Balaban J connectivity index is 1.83. The first-order valence-electron chi connectivity index (χ1n) is 11.3. The molecule has 0 saturated heterocycles. The first-order valence-corrected chi connectivity index (χ1v) is 13.3. The van der Waals surface area contributed by atoms with Crippen molar-refractivity contribution in [2.75, 3.05) is 0 Å². The van der Waals surface area contributed by atoms with Crippen molar-refractivity contribution >= 4 is 29.0 Å². The van der Waals surface area contributed by atoms with Gasteiger partial charge in [-0.15, -0.1) is 0 Å². The van der Waals surface area contributed by atoms with Crippen LogP contribution < -0.4 is 15.6 Å². The molecule has 5 heteroatoms. The topological polar surface area (TPSA) is 37.3 Å². The van der Waals surface area contributed by atoms with Crippen molar-refractivity contribution in [3.63, 3.8) is 0 Å². The summed E-state index contributed by atoms with van der Waals surface area (Å²) < 4.78 is 31.8. The van der Waals surface area contributed by atoms with Crippen molar-refractivity contribution in [2.24, 2.45) is 0 Å². The number of alkyl halides is 2. The molecule has 0 spiro atoms. The predicted molar refractivity (Wildman–Crippen MR) is 135 cm³/mol. The lowest BCUT2D eigenvalue weighted by atomic mass is 10.0. The van der Waals surface area contributed by atoms with Gasteiger partial charge in [-0.1, -0.05) is 121 Å².